The number of ether oxygens (including phenoxy) is 1. The van der Waals surface area contributed by atoms with Gasteiger partial charge in [-0.2, -0.15) is 5.10 Å². The Morgan fingerprint density at radius 2 is 2.10 bits per heavy atom. The Morgan fingerprint density at radius 1 is 1.45 bits per heavy atom. The molecule has 0 N–H and O–H groups in total. The maximum atomic E-state index is 12.4. The lowest BCUT2D eigenvalue weighted by molar-refractivity contribution is -0.0612. The highest BCUT2D eigenvalue weighted by molar-refractivity contribution is 5.92. The second-order valence-electron chi connectivity index (χ2n) is 5.95. The number of likely N-dealkylation sites (tertiary alicyclic amines) is 1. The molecule has 0 bridgehead atoms. The Morgan fingerprint density at radius 3 is 2.60 bits per heavy atom. The van der Waals surface area contributed by atoms with Crippen LogP contribution in [-0.4, -0.2) is 45.9 Å². The van der Waals surface area contributed by atoms with Crippen molar-refractivity contribution in [2.45, 2.75) is 52.2 Å². The fourth-order valence-electron chi connectivity index (χ4n) is 2.58. The van der Waals surface area contributed by atoms with Crippen LogP contribution in [-0.2, 0) is 4.74 Å². The van der Waals surface area contributed by atoms with Crippen molar-refractivity contribution in [3.05, 3.63) is 18.0 Å². The molecule has 1 aromatic heterocycles. The summed E-state index contributed by atoms with van der Waals surface area (Å²) in [6.07, 6.45) is 3.64. The van der Waals surface area contributed by atoms with Crippen molar-refractivity contribution in [1.29, 1.82) is 0 Å². The van der Waals surface area contributed by atoms with E-state index in [9.17, 15) is 4.79 Å². The number of nitrogens with zero attached hydrogens (tertiary/aromatic N) is 3. The molecule has 112 valence electrons. The van der Waals surface area contributed by atoms with E-state index in [4.69, 9.17) is 4.74 Å². The summed E-state index contributed by atoms with van der Waals surface area (Å²) in [4.78, 5) is 14.3. The summed E-state index contributed by atoms with van der Waals surface area (Å²) in [7, 11) is 0. The van der Waals surface area contributed by atoms with Crippen molar-refractivity contribution in [3.63, 3.8) is 0 Å². The smallest absolute Gasteiger partial charge is 0.274 e. The molecule has 1 aromatic rings. The van der Waals surface area contributed by atoms with E-state index in [-0.39, 0.29) is 17.6 Å². The summed E-state index contributed by atoms with van der Waals surface area (Å²) in [5.74, 6) is 0.0305. The predicted octanol–water partition coefficient (Wildman–Crippen LogP) is 2.50. The zero-order valence-corrected chi connectivity index (χ0v) is 12.9. The molecule has 5 heteroatoms. The van der Waals surface area contributed by atoms with E-state index in [1.165, 1.54) is 0 Å². The van der Waals surface area contributed by atoms with Gasteiger partial charge in [-0.3, -0.25) is 9.48 Å². The number of aromatic nitrogens is 2. The Bertz CT molecular complexity index is 459. The first-order valence-electron chi connectivity index (χ1n) is 7.43. The van der Waals surface area contributed by atoms with Crippen LogP contribution < -0.4 is 0 Å². The summed E-state index contributed by atoms with van der Waals surface area (Å²) in [5.41, 5.74) is 0.460. The van der Waals surface area contributed by atoms with Crippen LogP contribution in [0.25, 0.3) is 0 Å². The molecule has 2 heterocycles. The summed E-state index contributed by atoms with van der Waals surface area (Å²) in [6, 6.07) is 2.08. The molecule has 0 spiro atoms. The van der Waals surface area contributed by atoms with E-state index in [2.05, 4.69) is 25.9 Å². The average molecular weight is 279 g/mol. The normalized spacial score (nSPS) is 18.6. The molecule has 0 aliphatic carbocycles. The first-order valence-corrected chi connectivity index (χ1v) is 7.43. The molecule has 1 aliphatic heterocycles. The molecule has 1 saturated heterocycles. The van der Waals surface area contributed by atoms with Crippen LogP contribution in [0, 0.1) is 0 Å². The lowest BCUT2D eigenvalue weighted by Gasteiger charge is -2.38. The lowest BCUT2D eigenvalue weighted by Crippen LogP contribution is -2.46. The van der Waals surface area contributed by atoms with Gasteiger partial charge in [-0.05, 0) is 46.6 Å². The molecule has 0 atom stereocenters. The van der Waals surface area contributed by atoms with Crippen molar-refractivity contribution in [2.24, 2.45) is 0 Å². The van der Waals surface area contributed by atoms with E-state index in [1.807, 2.05) is 22.7 Å². The number of hydrogen-bond acceptors (Lipinski definition) is 3. The lowest BCUT2D eigenvalue weighted by atomic mass is 9.93. The van der Waals surface area contributed by atoms with Crippen LogP contribution in [0.3, 0.4) is 0 Å². The first-order chi connectivity index (χ1) is 9.45. The predicted molar refractivity (Wildman–Crippen MR) is 77.8 cm³/mol. The van der Waals surface area contributed by atoms with Crippen molar-refractivity contribution in [1.82, 2.24) is 14.7 Å². The number of carbonyl (C=O) groups excluding carboxylic acids is 1. The van der Waals surface area contributed by atoms with E-state index < -0.39 is 0 Å². The Balaban J connectivity index is 1.97. The molecule has 0 saturated carbocycles. The molecule has 20 heavy (non-hydrogen) atoms. The van der Waals surface area contributed by atoms with Crippen molar-refractivity contribution >= 4 is 5.91 Å². The van der Waals surface area contributed by atoms with Gasteiger partial charge in [0.15, 0.2) is 0 Å². The third-order valence-electron chi connectivity index (χ3n) is 3.96. The third kappa shape index (κ3) is 3.20. The van der Waals surface area contributed by atoms with Crippen LogP contribution in [0.15, 0.2) is 12.3 Å². The van der Waals surface area contributed by atoms with Gasteiger partial charge in [-0.25, -0.2) is 0 Å². The van der Waals surface area contributed by atoms with Gasteiger partial charge in [-0.15, -0.1) is 0 Å². The zero-order valence-electron chi connectivity index (χ0n) is 12.9. The van der Waals surface area contributed by atoms with Gasteiger partial charge in [0.25, 0.3) is 5.91 Å². The molecular formula is C15H25N3O2. The fourth-order valence-corrected chi connectivity index (χ4v) is 2.58. The van der Waals surface area contributed by atoms with Crippen molar-refractivity contribution in [2.75, 3.05) is 19.7 Å². The highest BCUT2D eigenvalue weighted by atomic mass is 16.5. The zero-order chi connectivity index (χ0) is 14.8. The molecular weight excluding hydrogens is 254 g/mol. The van der Waals surface area contributed by atoms with E-state index >= 15 is 0 Å². The molecule has 2 rings (SSSR count). The van der Waals surface area contributed by atoms with Gasteiger partial charge in [0.05, 0.1) is 5.60 Å². The van der Waals surface area contributed by atoms with Gasteiger partial charge in [0.2, 0.25) is 0 Å². The maximum Gasteiger partial charge on any atom is 0.274 e. The number of carbonyl (C=O) groups is 1. The van der Waals surface area contributed by atoms with Crippen LogP contribution >= 0.6 is 0 Å². The van der Waals surface area contributed by atoms with Crippen molar-refractivity contribution in [3.8, 4) is 0 Å². The molecule has 0 radical (unpaired) electrons. The van der Waals surface area contributed by atoms with Crippen LogP contribution in [0.4, 0.5) is 0 Å². The van der Waals surface area contributed by atoms with Crippen molar-refractivity contribution < 1.29 is 9.53 Å². The minimum Gasteiger partial charge on any atom is -0.375 e. The Hall–Kier alpha value is -1.36. The summed E-state index contributed by atoms with van der Waals surface area (Å²) in [6.45, 7) is 10.5. The quantitative estimate of drug-likeness (QED) is 0.850. The minimum atomic E-state index is -0.0805. The van der Waals surface area contributed by atoms with E-state index in [0.29, 0.717) is 5.69 Å². The summed E-state index contributed by atoms with van der Waals surface area (Å²) in [5, 5.41) is 4.35. The van der Waals surface area contributed by atoms with Crippen LogP contribution in [0.1, 0.15) is 57.1 Å². The standard InChI is InChI=1S/C15H25N3O2/c1-5-20-15(4)7-10-17(11-8-15)14(19)13-6-9-18(16-13)12(2)3/h6,9,12H,5,7-8,10-11H2,1-4H3. The highest BCUT2D eigenvalue weighted by Crippen LogP contribution is 2.26. The topological polar surface area (TPSA) is 47.4 Å². The van der Waals surface area contributed by atoms with Gasteiger partial charge in [-0.1, -0.05) is 0 Å². The van der Waals surface area contributed by atoms with Gasteiger partial charge >= 0.3 is 0 Å². The molecule has 1 fully saturated rings. The molecule has 5 nitrogen and oxygen atoms in total. The minimum absolute atomic E-state index is 0.0305. The molecule has 1 amide bonds. The SMILES string of the molecule is CCOC1(C)CCN(C(=O)c2ccn(C(C)C)n2)CC1. The molecule has 0 aromatic carbocycles. The van der Waals surface area contributed by atoms with Gasteiger partial charge in [0.1, 0.15) is 5.69 Å². The number of hydrogen-bond donors (Lipinski definition) is 0. The summed E-state index contributed by atoms with van der Waals surface area (Å²) >= 11 is 0. The second kappa shape index (κ2) is 5.95. The largest absolute Gasteiger partial charge is 0.375 e. The van der Waals surface area contributed by atoms with E-state index in [0.717, 1.165) is 32.5 Å². The van der Waals surface area contributed by atoms with Crippen LogP contribution in [0.5, 0.6) is 0 Å². The number of piperidine rings is 1. The second-order valence-corrected chi connectivity index (χ2v) is 5.95. The fraction of sp³-hybridized carbons (Fsp3) is 0.733. The first kappa shape index (κ1) is 15.0. The third-order valence-corrected chi connectivity index (χ3v) is 3.96. The molecule has 0 unspecified atom stereocenters. The highest BCUT2D eigenvalue weighted by Gasteiger charge is 2.33. The van der Waals surface area contributed by atoms with Gasteiger partial charge in [0, 0.05) is 31.9 Å². The Labute approximate surface area is 120 Å². The van der Waals surface area contributed by atoms with E-state index in [1.54, 1.807) is 6.07 Å². The van der Waals surface area contributed by atoms with Crippen LogP contribution in [0.2, 0.25) is 0 Å². The maximum absolute atomic E-state index is 12.4. The Kier molecular flexibility index (Phi) is 4.48. The average Bonchev–Trinajstić information content (AvgIpc) is 2.88. The number of amides is 1. The number of rotatable bonds is 4. The van der Waals surface area contributed by atoms with Gasteiger partial charge < -0.3 is 9.64 Å². The molecule has 1 aliphatic rings. The monoisotopic (exact) mass is 279 g/mol. The summed E-state index contributed by atoms with van der Waals surface area (Å²) < 4.78 is 7.60.